The summed E-state index contributed by atoms with van der Waals surface area (Å²) < 4.78 is 13.6. The minimum Gasteiger partial charge on any atom is -0.324 e. The molecule has 104 valence electrons. The van der Waals surface area contributed by atoms with E-state index in [0.29, 0.717) is 12.3 Å². The maximum absolute atomic E-state index is 13.6. The summed E-state index contributed by atoms with van der Waals surface area (Å²) in [6, 6.07) is 4.59. The number of hydrogen-bond acceptors (Lipinski definition) is 2. The van der Waals surface area contributed by atoms with Gasteiger partial charge in [0.05, 0.1) is 10.7 Å². The number of anilines is 1. The van der Waals surface area contributed by atoms with Crippen LogP contribution in [0, 0.1) is 11.7 Å². The fraction of sp³-hybridized carbons (Fsp3) is 0.500. The van der Waals surface area contributed by atoms with E-state index in [2.05, 4.69) is 10.6 Å². The molecule has 1 fully saturated rings. The Balaban J connectivity index is 1.82. The van der Waals surface area contributed by atoms with Gasteiger partial charge in [-0.2, -0.15) is 0 Å². The Morgan fingerprint density at radius 1 is 1.53 bits per heavy atom. The van der Waals surface area contributed by atoms with E-state index in [0.717, 1.165) is 32.4 Å². The second-order valence-corrected chi connectivity index (χ2v) is 5.31. The van der Waals surface area contributed by atoms with Gasteiger partial charge in [0.1, 0.15) is 0 Å². The zero-order valence-electron chi connectivity index (χ0n) is 10.7. The van der Waals surface area contributed by atoms with Crippen LogP contribution in [0.2, 0.25) is 5.02 Å². The van der Waals surface area contributed by atoms with Gasteiger partial charge < -0.3 is 10.6 Å². The maximum atomic E-state index is 13.6. The van der Waals surface area contributed by atoms with Crippen molar-refractivity contribution in [1.82, 2.24) is 5.32 Å². The monoisotopic (exact) mass is 284 g/mol. The molecular weight excluding hydrogens is 267 g/mol. The van der Waals surface area contributed by atoms with Crippen LogP contribution in [0.3, 0.4) is 0 Å². The Labute approximate surface area is 117 Å². The number of amides is 1. The van der Waals surface area contributed by atoms with Crippen LogP contribution in [-0.4, -0.2) is 19.0 Å². The molecule has 1 unspecified atom stereocenters. The standard InChI is InChI=1S/C14H18ClFN2O/c15-11-4-1-5-12(14(11)16)18-13(19)7-6-10-3-2-8-17-9-10/h1,4-5,10,17H,2-3,6-9H2,(H,18,19). The van der Waals surface area contributed by atoms with Crippen LogP contribution in [0.5, 0.6) is 0 Å². The van der Waals surface area contributed by atoms with E-state index in [1.54, 1.807) is 6.07 Å². The van der Waals surface area contributed by atoms with Crippen molar-refractivity contribution in [2.75, 3.05) is 18.4 Å². The number of piperidine rings is 1. The molecule has 1 amide bonds. The summed E-state index contributed by atoms with van der Waals surface area (Å²) in [6.07, 6.45) is 3.57. The lowest BCUT2D eigenvalue weighted by Gasteiger charge is -2.22. The molecule has 0 bridgehead atoms. The van der Waals surface area contributed by atoms with Crippen LogP contribution in [0.15, 0.2) is 18.2 Å². The van der Waals surface area contributed by atoms with E-state index in [4.69, 9.17) is 11.6 Å². The summed E-state index contributed by atoms with van der Waals surface area (Å²) in [5, 5.41) is 5.91. The first kappa shape index (κ1) is 14.3. The number of carbonyl (C=O) groups is 1. The van der Waals surface area contributed by atoms with Gasteiger partial charge in [-0.15, -0.1) is 0 Å². The molecule has 1 aliphatic rings. The molecule has 0 saturated carbocycles. The largest absolute Gasteiger partial charge is 0.324 e. The third-order valence-electron chi connectivity index (χ3n) is 3.40. The predicted molar refractivity (Wildman–Crippen MR) is 74.9 cm³/mol. The molecule has 3 nitrogen and oxygen atoms in total. The lowest BCUT2D eigenvalue weighted by molar-refractivity contribution is -0.116. The maximum Gasteiger partial charge on any atom is 0.224 e. The van der Waals surface area contributed by atoms with Crippen molar-refractivity contribution in [3.63, 3.8) is 0 Å². The zero-order valence-corrected chi connectivity index (χ0v) is 11.5. The van der Waals surface area contributed by atoms with Gasteiger partial charge in [-0.25, -0.2) is 4.39 Å². The highest BCUT2D eigenvalue weighted by atomic mass is 35.5. The van der Waals surface area contributed by atoms with Gasteiger partial charge in [0.25, 0.3) is 0 Å². The molecule has 0 radical (unpaired) electrons. The average Bonchev–Trinajstić information content (AvgIpc) is 2.43. The van der Waals surface area contributed by atoms with Crippen molar-refractivity contribution in [1.29, 1.82) is 0 Å². The number of carbonyl (C=O) groups excluding carboxylic acids is 1. The predicted octanol–water partition coefficient (Wildman–Crippen LogP) is 3.20. The number of nitrogens with one attached hydrogen (secondary N) is 2. The molecule has 2 rings (SSSR count). The van der Waals surface area contributed by atoms with E-state index in [-0.39, 0.29) is 16.6 Å². The number of benzene rings is 1. The molecule has 0 aromatic heterocycles. The molecule has 0 spiro atoms. The molecule has 1 aromatic carbocycles. The SMILES string of the molecule is O=C(CCC1CCCNC1)Nc1cccc(Cl)c1F. The van der Waals surface area contributed by atoms with E-state index in [9.17, 15) is 9.18 Å². The first-order valence-corrected chi connectivity index (χ1v) is 6.99. The average molecular weight is 285 g/mol. The van der Waals surface area contributed by atoms with Crippen LogP contribution < -0.4 is 10.6 Å². The number of rotatable bonds is 4. The first-order chi connectivity index (χ1) is 9.16. The van der Waals surface area contributed by atoms with Crippen molar-refractivity contribution in [2.45, 2.75) is 25.7 Å². The molecule has 1 saturated heterocycles. The fourth-order valence-corrected chi connectivity index (χ4v) is 2.49. The van der Waals surface area contributed by atoms with Gasteiger partial charge >= 0.3 is 0 Å². The fourth-order valence-electron chi connectivity index (χ4n) is 2.32. The number of halogens is 2. The molecule has 1 atom stereocenters. The topological polar surface area (TPSA) is 41.1 Å². The Hall–Kier alpha value is -1.13. The molecule has 0 aliphatic carbocycles. The van der Waals surface area contributed by atoms with Crippen LogP contribution in [0.25, 0.3) is 0 Å². The molecule has 1 heterocycles. The summed E-state index contributed by atoms with van der Waals surface area (Å²) >= 11 is 5.66. The van der Waals surface area contributed by atoms with E-state index < -0.39 is 5.82 Å². The van der Waals surface area contributed by atoms with Gasteiger partial charge in [-0.3, -0.25) is 4.79 Å². The molecule has 19 heavy (non-hydrogen) atoms. The highest BCUT2D eigenvalue weighted by Gasteiger charge is 2.15. The van der Waals surface area contributed by atoms with Crippen LogP contribution >= 0.6 is 11.6 Å². The van der Waals surface area contributed by atoms with Gasteiger partial charge in [0, 0.05) is 6.42 Å². The molecule has 1 aromatic rings. The molecule has 5 heteroatoms. The first-order valence-electron chi connectivity index (χ1n) is 6.61. The lowest BCUT2D eigenvalue weighted by Crippen LogP contribution is -2.30. The minimum absolute atomic E-state index is 0.0225. The van der Waals surface area contributed by atoms with Crippen molar-refractivity contribution >= 4 is 23.2 Å². The highest BCUT2D eigenvalue weighted by molar-refractivity contribution is 6.31. The van der Waals surface area contributed by atoms with E-state index in [1.807, 2.05) is 0 Å². The second kappa shape index (κ2) is 6.87. The smallest absolute Gasteiger partial charge is 0.224 e. The Morgan fingerprint density at radius 2 is 2.37 bits per heavy atom. The van der Waals surface area contributed by atoms with Crippen LogP contribution in [0.4, 0.5) is 10.1 Å². The van der Waals surface area contributed by atoms with Crippen molar-refractivity contribution in [3.05, 3.63) is 29.0 Å². The summed E-state index contributed by atoms with van der Waals surface area (Å²) in [6.45, 7) is 2.04. The lowest BCUT2D eigenvalue weighted by atomic mass is 9.94. The second-order valence-electron chi connectivity index (χ2n) is 4.90. The summed E-state index contributed by atoms with van der Waals surface area (Å²) in [5.41, 5.74) is 0.152. The zero-order chi connectivity index (χ0) is 13.7. The Morgan fingerprint density at radius 3 is 3.11 bits per heavy atom. The van der Waals surface area contributed by atoms with Crippen LogP contribution in [0.1, 0.15) is 25.7 Å². The molecule has 1 aliphatic heterocycles. The van der Waals surface area contributed by atoms with Crippen molar-refractivity contribution < 1.29 is 9.18 Å². The highest BCUT2D eigenvalue weighted by Crippen LogP contribution is 2.22. The van der Waals surface area contributed by atoms with Gasteiger partial charge in [0.15, 0.2) is 5.82 Å². The summed E-state index contributed by atoms with van der Waals surface area (Å²) in [4.78, 5) is 11.8. The Kier molecular flexibility index (Phi) is 5.16. The van der Waals surface area contributed by atoms with Crippen LogP contribution in [-0.2, 0) is 4.79 Å². The minimum atomic E-state index is -0.572. The quantitative estimate of drug-likeness (QED) is 0.891. The van der Waals surface area contributed by atoms with E-state index in [1.165, 1.54) is 12.1 Å². The summed E-state index contributed by atoms with van der Waals surface area (Å²) in [5.74, 6) is -0.188. The van der Waals surface area contributed by atoms with Gasteiger partial charge in [-0.1, -0.05) is 17.7 Å². The van der Waals surface area contributed by atoms with Gasteiger partial charge in [-0.05, 0) is 50.4 Å². The number of hydrogen-bond donors (Lipinski definition) is 2. The third-order valence-corrected chi connectivity index (χ3v) is 3.70. The molecular formula is C14H18ClFN2O. The Bertz CT molecular complexity index is 447. The normalized spacial score (nSPS) is 19.2. The third kappa shape index (κ3) is 4.18. The van der Waals surface area contributed by atoms with Crippen molar-refractivity contribution in [2.24, 2.45) is 5.92 Å². The van der Waals surface area contributed by atoms with E-state index >= 15 is 0 Å². The molecule has 2 N–H and O–H groups in total. The van der Waals surface area contributed by atoms with Crippen molar-refractivity contribution in [3.8, 4) is 0 Å². The summed E-state index contributed by atoms with van der Waals surface area (Å²) in [7, 11) is 0. The van der Waals surface area contributed by atoms with Gasteiger partial charge in [0.2, 0.25) is 5.91 Å².